The SMILES string of the molecule is OCCc1cc(F)cc(F)c1CCO. The van der Waals surface area contributed by atoms with Crippen molar-refractivity contribution in [2.75, 3.05) is 13.2 Å². The fourth-order valence-electron chi connectivity index (χ4n) is 1.39. The first-order chi connectivity index (χ1) is 6.69. The van der Waals surface area contributed by atoms with Crippen LogP contribution in [0.25, 0.3) is 0 Å². The molecule has 0 saturated carbocycles. The second-order valence-electron chi connectivity index (χ2n) is 2.97. The first kappa shape index (κ1) is 11.1. The van der Waals surface area contributed by atoms with Crippen molar-refractivity contribution >= 4 is 0 Å². The van der Waals surface area contributed by atoms with Crippen LogP contribution in [0.15, 0.2) is 12.1 Å². The van der Waals surface area contributed by atoms with Crippen LogP contribution in [0.5, 0.6) is 0 Å². The molecule has 0 saturated heterocycles. The van der Waals surface area contributed by atoms with Crippen molar-refractivity contribution in [2.24, 2.45) is 0 Å². The zero-order chi connectivity index (χ0) is 10.6. The lowest BCUT2D eigenvalue weighted by atomic mass is 10.0. The maximum atomic E-state index is 13.2. The van der Waals surface area contributed by atoms with Crippen LogP contribution in [0, 0.1) is 11.6 Å². The minimum Gasteiger partial charge on any atom is -0.396 e. The van der Waals surface area contributed by atoms with E-state index in [1.54, 1.807) is 0 Å². The largest absolute Gasteiger partial charge is 0.396 e. The van der Waals surface area contributed by atoms with Gasteiger partial charge in [0.2, 0.25) is 0 Å². The summed E-state index contributed by atoms with van der Waals surface area (Å²) in [4.78, 5) is 0. The molecule has 0 amide bonds. The molecule has 1 aromatic rings. The lowest BCUT2D eigenvalue weighted by molar-refractivity contribution is 0.291. The molecule has 0 radical (unpaired) electrons. The Balaban J connectivity index is 3.07. The van der Waals surface area contributed by atoms with E-state index in [0.717, 1.165) is 6.07 Å². The van der Waals surface area contributed by atoms with Crippen LogP contribution >= 0.6 is 0 Å². The first-order valence-electron chi connectivity index (χ1n) is 4.37. The summed E-state index contributed by atoms with van der Waals surface area (Å²) in [7, 11) is 0. The molecular formula is C10H12F2O2. The van der Waals surface area contributed by atoms with Gasteiger partial charge in [-0.3, -0.25) is 0 Å². The number of hydrogen-bond donors (Lipinski definition) is 2. The van der Waals surface area contributed by atoms with E-state index in [1.807, 2.05) is 0 Å². The molecule has 0 spiro atoms. The van der Waals surface area contributed by atoms with Gasteiger partial charge in [0.1, 0.15) is 11.6 Å². The van der Waals surface area contributed by atoms with E-state index in [1.165, 1.54) is 6.07 Å². The van der Waals surface area contributed by atoms with Crippen LogP contribution in [0.3, 0.4) is 0 Å². The molecule has 1 rings (SSSR count). The molecule has 0 heterocycles. The van der Waals surface area contributed by atoms with Crippen LogP contribution in [0.4, 0.5) is 8.78 Å². The van der Waals surface area contributed by atoms with Gasteiger partial charge in [-0.15, -0.1) is 0 Å². The van der Waals surface area contributed by atoms with E-state index < -0.39 is 11.6 Å². The summed E-state index contributed by atoms with van der Waals surface area (Å²) in [5.41, 5.74) is 0.696. The Labute approximate surface area is 80.8 Å². The van der Waals surface area contributed by atoms with Gasteiger partial charge in [-0.1, -0.05) is 0 Å². The molecule has 0 atom stereocenters. The molecule has 0 aliphatic heterocycles. The van der Waals surface area contributed by atoms with Crippen molar-refractivity contribution in [1.82, 2.24) is 0 Å². The molecule has 0 aliphatic rings. The smallest absolute Gasteiger partial charge is 0.129 e. The van der Waals surface area contributed by atoms with Gasteiger partial charge in [0.15, 0.2) is 0 Å². The highest BCUT2D eigenvalue weighted by Crippen LogP contribution is 2.17. The predicted molar refractivity (Wildman–Crippen MR) is 47.9 cm³/mol. The third kappa shape index (κ3) is 2.49. The number of aliphatic hydroxyl groups is 2. The Kier molecular flexibility index (Phi) is 3.98. The average molecular weight is 202 g/mol. The highest BCUT2D eigenvalue weighted by molar-refractivity contribution is 5.30. The van der Waals surface area contributed by atoms with Gasteiger partial charge in [0, 0.05) is 19.3 Å². The number of benzene rings is 1. The van der Waals surface area contributed by atoms with Crippen LogP contribution in [-0.4, -0.2) is 23.4 Å². The monoisotopic (exact) mass is 202 g/mol. The minimum absolute atomic E-state index is 0.140. The van der Waals surface area contributed by atoms with Crippen molar-refractivity contribution in [3.63, 3.8) is 0 Å². The summed E-state index contributed by atoms with van der Waals surface area (Å²) in [6.07, 6.45) is 0.339. The van der Waals surface area contributed by atoms with E-state index in [9.17, 15) is 8.78 Å². The van der Waals surface area contributed by atoms with Crippen molar-refractivity contribution in [1.29, 1.82) is 0 Å². The Morgan fingerprint density at radius 1 is 1.00 bits per heavy atom. The third-order valence-corrected chi connectivity index (χ3v) is 2.00. The van der Waals surface area contributed by atoms with E-state index in [-0.39, 0.29) is 31.6 Å². The molecule has 0 aromatic heterocycles. The topological polar surface area (TPSA) is 40.5 Å². The molecule has 0 unspecified atom stereocenters. The molecule has 14 heavy (non-hydrogen) atoms. The Hall–Kier alpha value is -1.00. The van der Waals surface area contributed by atoms with Crippen LogP contribution in [-0.2, 0) is 12.8 Å². The predicted octanol–water partition coefficient (Wildman–Crippen LogP) is 1.03. The highest BCUT2D eigenvalue weighted by atomic mass is 19.1. The maximum Gasteiger partial charge on any atom is 0.129 e. The van der Waals surface area contributed by atoms with Crippen LogP contribution in [0.2, 0.25) is 0 Å². The summed E-state index contributed by atoms with van der Waals surface area (Å²) < 4.78 is 26.0. The van der Waals surface area contributed by atoms with Gasteiger partial charge in [-0.05, 0) is 30.0 Å². The van der Waals surface area contributed by atoms with Crippen LogP contribution in [0.1, 0.15) is 11.1 Å². The highest BCUT2D eigenvalue weighted by Gasteiger charge is 2.10. The molecule has 0 aliphatic carbocycles. The molecule has 2 nitrogen and oxygen atoms in total. The molecule has 4 heteroatoms. The molecule has 78 valence electrons. The summed E-state index contributed by atoms with van der Waals surface area (Å²) in [5, 5.41) is 17.4. The quantitative estimate of drug-likeness (QED) is 0.765. The number of rotatable bonds is 4. The van der Waals surface area contributed by atoms with E-state index in [2.05, 4.69) is 0 Å². The summed E-state index contributed by atoms with van der Waals surface area (Å²) in [6, 6.07) is 1.97. The van der Waals surface area contributed by atoms with E-state index in [0.29, 0.717) is 5.56 Å². The first-order valence-corrected chi connectivity index (χ1v) is 4.37. The van der Waals surface area contributed by atoms with Gasteiger partial charge < -0.3 is 10.2 Å². The van der Waals surface area contributed by atoms with Gasteiger partial charge in [-0.25, -0.2) is 8.78 Å². The summed E-state index contributed by atoms with van der Waals surface area (Å²) in [6.45, 7) is -0.359. The lowest BCUT2D eigenvalue weighted by Crippen LogP contribution is -2.04. The van der Waals surface area contributed by atoms with E-state index >= 15 is 0 Å². The van der Waals surface area contributed by atoms with Gasteiger partial charge in [0.05, 0.1) is 0 Å². The average Bonchev–Trinajstić information content (AvgIpc) is 2.11. The third-order valence-electron chi connectivity index (χ3n) is 2.00. The van der Waals surface area contributed by atoms with Gasteiger partial charge >= 0.3 is 0 Å². The number of hydrogen-bond acceptors (Lipinski definition) is 2. The fraction of sp³-hybridized carbons (Fsp3) is 0.400. The second kappa shape index (κ2) is 5.02. The van der Waals surface area contributed by atoms with Crippen molar-refractivity contribution < 1.29 is 19.0 Å². The maximum absolute atomic E-state index is 13.2. The fourth-order valence-corrected chi connectivity index (χ4v) is 1.39. The minimum atomic E-state index is -0.664. The summed E-state index contributed by atoms with van der Waals surface area (Å²) in [5.74, 6) is -1.32. The van der Waals surface area contributed by atoms with Crippen molar-refractivity contribution in [3.05, 3.63) is 34.9 Å². The van der Waals surface area contributed by atoms with Gasteiger partial charge in [0.25, 0.3) is 0 Å². The molecule has 1 aromatic carbocycles. The lowest BCUT2D eigenvalue weighted by Gasteiger charge is -2.08. The molecule has 0 bridgehead atoms. The zero-order valence-corrected chi connectivity index (χ0v) is 7.63. The van der Waals surface area contributed by atoms with Crippen molar-refractivity contribution in [2.45, 2.75) is 12.8 Å². The Bertz CT molecular complexity index is 313. The summed E-state index contributed by atoms with van der Waals surface area (Å²) >= 11 is 0. The molecule has 0 fully saturated rings. The van der Waals surface area contributed by atoms with Crippen LogP contribution < -0.4 is 0 Å². The van der Waals surface area contributed by atoms with E-state index in [4.69, 9.17) is 10.2 Å². The Morgan fingerprint density at radius 3 is 2.21 bits per heavy atom. The molecular weight excluding hydrogens is 190 g/mol. The number of halogens is 2. The Morgan fingerprint density at radius 2 is 1.64 bits per heavy atom. The second-order valence-corrected chi connectivity index (χ2v) is 2.97. The van der Waals surface area contributed by atoms with Crippen molar-refractivity contribution in [3.8, 4) is 0 Å². The number of aliphatic hydroxyl groups excluding tert-OH is 2. The zero-order valence-electron chi connectivity index (χ0n) is 7.63. The normalized spacial score (nSPS) is 10.6. The van der Waals surface area contributed by atoms with Gasteiger partial charge in [-0.2, -0.15) is 0 Å². The molecule has 2 N–H and O–H groups in total. The standard InChI is InChI=1S/C10H12F2O2/c11-8-5-7(1-3-13)9(2-4-14)10(12)6-8/h5-6,13-14H,1-4H2.